The van der Waals surface area contributed by atoms with Gasteiger partial charge in [-0.15, -0.1) is 11.3 Å². The summed E-state index contributed by atoms with van der Waals surface area (Å²) in [5, 5.41) is 4.04. The zero-order chi connectivity index (χ0) is 19.7. The summed E-state index contributed by atoms with van der Waals surface area (Å²) in [6.45, 7) is 2.73. The Morgan fingerprint density at radius 3 is 2.75 bits per heavy atom. The van der Waals surface area contributed by atoms with Crippen LogP contribution >= 0.6 is 11.3 Å². The molecule has 0 amide bonds. The first-order valence-electron chi connectivity index (χ1n) is 9.04. The molecule has 0 spiro atoms. The summed E-state index contributed by atoms with van der Waals surface area (Å²) in [6, 6.07) is 11.2. The van der Waals surface area contributed by atoms with Gasteiger partial charge in [-0.1, -0.05) is 30.3 Å². The Balaban J connectivity index is 1.41. The minimum atomic E-state index is -3.44. The second kappa shape index (κ2) is 7.65. The van der Waals surface area contributed by atoms with Crippen LogP contribution in [0.3, 0.4) is 0 Å². The summed E-state index contributed by atoms with van der Waals surface area (Å²) >= 11 is 1.33. The first kappa shape index (κ1) is 19.1. The van der Waals surface area contributed by atoms with Crippen LogP contribution < -0.4 is 4.74 Å². The molecule has 0 radical (unpaired) electrons. The molecule has 7 nitrogen and oxygen atoms in total. The number of hydrogen-bond acceptors (Lipinski definition) is 7. The molecule has 1 fully saturated rings. The van der Waals surface area contributed by atoms with E-state index in [-0.39, 0.29) is 5.92 Å². The highest BCUT2D eigenvalue weighted by Crippen LogP contribution is 2.34. The van der Waals surface area contributed by atoms with E-state index >= 15 is 0 Å². The van der Waals surface area contributed by atoms with E-state index in [0.717, 1.165) is 22.6 Å². The van der Waals surface area contributed by atoms with E-state index < -0.39 is 10.0 Å². The third kappa shape index (κ3) is 3.57. The Labute approximate surface area is 168 Å². The van der Waals surface area contributed by atoms with Crippen molar-refractivity contribution in [2.75, 3.05) is 20.2 Å². The Hall–Kier alpha value is -2.23. The fourth-order valence-corrected chi connectivity index (χ4v) is 6.11. The van der Waals surface area contributed by atoms with Gasteiger partial charge in [-0.2, -0.15) is 9.29 Å². The van der Waals surface area contributed by atoms with Crippen LogP contribution in [-0.4, -0.2) is 43.1 Å². The monoisotopic (exact) mass is 419 g/mol. The molecule has 1 aromatic carbocycles. The lowest BCUT2D eigenvalue weighted by Gasteiger charge is -2.35. The predicted molar refractivity (Wildman–Crippen MR) is 105 cm³/mol. The van der Waals surface area contributed by atoms with Crippen molar-refractivity contribution in [2.24, 2.45) is 0 Å². The largest absolute Gasteiger partial charge is 0.496 e. The van der Waals surface area contributed by atoms with Crippen LogP contribution in [0.15, 0.2) is 45.1 Å². The lowest BCUT2D eigenvalue weighted by atomic mass is 10.0. The van der Waals surface area contributed by atoms with Crippen LogP contribution in [0.1, 0.15) is 35.0 Å². The number of nitrogens with zero attached hydrogens (tertiary/aromatic N) is 3. The average Bonchev–Trinajstić information content (AvgIpc) is 3.31. The predicted octanol–water partition coefficient (Wildman–Crippen LogP) is 3.08. The summed E-state index contributed by atoms with van der Waals surface area (Å²) in [6.07, 6.45) is 1.33. The number of aryl methyl sites for hydroxylation is 1. The number of para-hydroxylation sites is 1. The Morgan fingerprint density at radius 2 is 2.04 bits per heavy atom. The van der Waals surface area contributed by atoms with Gasteiger partial charge in [0.1, 0.15) is 9.96 Å². The van der Waals surface area contributed by atoms with E-state index in [2.05, 4.69) is 10.1 Å². The lowest BCUT2D eigenvalue weighted by molar-refractivity contribution is 0.217. The molecule has 3 heterocycles. The van der Waals surface area contributed by atoms with Crippen molar-refractivity contribution in [3.8, 4) is 5.75 Å². The lowest BCUT2D eigenvalue weighted by Crippen LogP contribution is -2.48. The maximum absolute atomic E-state index is 12.7. The number of methoxy groups -OCH3 is 1. The summed E-state index contributed by atoms with van der Waals surface area (Å²) in [5.41, 5.74) is 0.972. The second-order valence-corrected chi connectivity index (χ2v) is 9.96. The summed E-state index contributed by atoms with van der Waals surface area (Å²) < 4.78 is 38.0. The van der Waals surface area contributed by atoms with E-state index in [9.17, 15) is 8.42 Å². The fourth-order valence-electron chi connectivity index (χ4n) is 3.13. The number of benzene rings is 1. The van der Waals surface area contributed by atoms with Gasteiger partial charge in [0.15, 0.2) is 5.82 Å². The van der Waals surface area contributed by atoms with Crippen molar-refractivity contribution >= 4 is 21.4 Å². The van der Waals surface area contributed by atoms with Crippen molar-refractivity contribution < 1.29 is 17.7 Å². The molecule has 1 saturated heterocycles. The standard InChI is InChI=1S/C19H21N3O4S2/c1-3-15-8-9-18(27-15)28(23,24)22-11-14(12-22)19-20-17(21-26-19)10-13-6-4-5-7-16(13)25-2/h4-9,14H,3,10-12H2,1-2H3. The van der Waals surface area contributed by atoms with E-state index in [1.165, 1.54) is 15.6 Å². The molecule has 148 valence electrons. The van der Waals surface area contributed by atoms with Crippen LogP contribution in [0.2, 0.25) is 0 Å². The van der Waals surface area contributed by atoms with Gasteiger partial charge in [-0.05, 0) is 24.6 Å². The van der Waals surface area contributed by atoms with Crippen molar-refractivity contribution in [3.05, 3.63) is 58.6 Å². The van der Waals surface area contributed by atoms with Crippen LogP contribution in [0.4, 0.5) is 0 Å². The van der Waals surface area contributed by atoms with Gasteiger partial charge in [-0.25, -0.2) is 8.42 Å². The first-order valence-corrected chi connectivity index (χ1v) is 11.3. The number of hydrogen-bond donors (Lipinski definition) is 0. The Kier molecular flexibility index (Phi) is 5.22. The molecule has 1 aliphatic rings. The van der Waals surface area contributed by atoms with Crippen LogP contribution in [0, 0.1) is 0 Å². The third-order valence-electron chi connectivity index (χ3n) is 4.80. The van der Waals surface area contributed by atoms with Gasteiger partial charge in [0, 0.05) is 30.0 Å². The van der Waals surface area contributed by atoms with Crippen LogP contribution in [0.5, 0.6) is 5.75 Å². The smallest absolute Gasteiger partial charge is 0.252 e. The van der Waals surface area contributed by atoms with Crippen molar-refractivity contribution in [3.63, 3.8) is 0 Å². The zero-order valence-corrected chi connectivity index (χ0v) is 17.3. The van der Waals surface area contributed by atoms with E-state index in [4.69, 9.17) is 9.26 Å². The molecule has 28 heavy (non-hydrogen) atoms. The highest BCUT2D eigenvalue weighted by atomic mass is 32.2. The van der Waals surface area contributed by atoms with Crippen molar-refractivity contribution in [1.82, 2.24) is 14.4 Å². The maximum atomic E-state index is 12.7. The molecule has 1 aliphatic heterocycles. The highest BCUT2D eigenvalue weighted by Gasteiger charge is 2.41. The second-order valence-electron chi connectivity index (χ2n) is 6.63. The summed E-state index contributed by atoms with van der Waals surface area (Å²) in [7, 11) is -1.81. The fraction of sp³-hybridized carbons (Fsp3) is 0.368. The SMILES string of the molecule is CCc1ccc(S(=O)(=O)N2CC(c3nc(Cc4ccccc4OC)no3)C2)s1. The third-order valence-corrected chi connectivity index (χ3v) is 8.33. The molecule has 4 rings (SSSR count). The number of ether oxygens (including phenoxy) is 1. The van der Waals surface area contributed by atoms with Gasteiger partial charge < -0.3 is 9.26 Å². The molecule has 0 bridgehead atoms. The number of rotatable bonds is 7. The van der Waals surface area contributed by atoms with Gasteiger partial charge in [-0.3, -0.25) is 0 Å². The zero-order valence-electron chi connectivity index (χ0n) is 15.7. The highest BCUT2D eigenvalue weighted by molar-refractivity contribution is 7.91. The molecule has 0 atom stereocenters. The van der Waals surface area contributed by atoms with Crippen LogP contribution in [0.25, 0.3) is 0 Å². The molecule has 0 unspecified atom stereocenters. The minimum Gasteiger partial charge on any atom is -0.496 e. The normalized spacial score (nSPS) is 15.5. The molecule has 3 aromatic rings. The number of sulfonamides is 1. The number of aromatic nitrogens is 2. The van der Waals surface area contributed by atoms with Crippen LogP contribution in [-0.2, 0) is 22.9 Å². The molecular formula is C19H21N3O4S2. The molecule has 0 N–H and O–H groups in total. The molecule has 2 aromatic heterocycles. The molecule has 0 saturated carbocycles. The van der Waals surface area contributed by atoms with Crippen molar-refractivity contribution in [1.29, 1.82) is 0 Å². The molecular weight excluding hydrogens is 398 g/mol. The Morgan fingerprint density at radius 1 is 1.25 bits per heavy atom. The van der Waals surface area contributed by atoms with Crippen molar-refractivity contribution in [2.45, 2.75) is 29.9 Å². The average molecular weight is 420 g/mol. The number of thiophene rings is 1. The van der Waals surface area contributed by atoms with Gasteiger partial charge in [0.2, 0.25) is 5.89 Å². The first-order chi connectivity index (χ1) is 13.5. The summed E-state index contributed by atoms with van der Waals surface area (Å²) in [5.74, 6) is 1.75. The molecule has 9 heteroatoms. The topological polar surface area (TPSA) is 85.5 Å². The quantitative estimate of drug-likeness (QED) is 0.585. The maximum Gasteiger partial charge on any atom is 0.252 e. The minimum absolute atomic E-state index is 0.0701. The van der Waals surface area contributed by atoms with E-state index in [0.29, 0.717) is 35.4 Å². The van der Waals surface area contributed by atoms with Gasteiger partial charge in [0.25, 0.3) is 10.0 Å². The summed E-state index contributed by atoms with van der Waals surface area (Å²) in [4.78, 5) is 5.52. The van der Waals surface area contributed by atoms with Gasteiger partial charge >= 0.3 is 0 Å². The van der Waals surface area contributed by atoms with E-state index in [1.807, 2.05) is 37.3 Å². The van der Waals surface area contributed by atoms with Gasteiger partial charge in [0.05, 0.1) is 13.0 Å². The Bertz CT molecular complexity index is 1070. The van der Waals surface area contributed by atoms with E-state index in [1.54, 1.807) is 13.2 Å². The molecule has 0 aliphatic carbocycles.